The normalized spacial score (nSPS) is 16.7. The highest BCUT2D eigenvalue weighted by atomic mass is 15.1. The Hall–Kier alpha value is -1.38. The van der Waals surface area contributed by atoms with E-state index in [0.717, 1.165) is 11.2 Å². The number of hydrogen-bond donors (Lipinski definition) is 0. The van der Waals surface area contributed by atoms with Crippen LogP contribution >= 0.6 is 0 Å². The number of rotatable bonds is 1. The van der Waals surface area contributed by atoms with Crippen LogP contribution in [0.15, 0.2) is 18.3 Å². The highest BCUT2D eigenvalue weighted by Crippen LogP contribution is 2.39. The van der Waals surface area contributed by atoms with Crippen LogP contribution in [0.4, 0.5) is 0 Å². The molecule has 3 heteroatoms. The molecule has 2 heterocycles. The number of pyridine rings is 1. The van der Waals surface area contributed by atoms with Gasteiger partial charge in [-0.3, -0.25) is 0 Å². The van der Waals surface area contributed by atoms with Crippen LogP contribution in [-0.2, 0) is 7.05 Å². The maximum Gasteiger partial charge on any atom is 0.177 e. The van der Waals surface area contributed by atoms with Crippen molar-refractivity contribution in [1.82, 2.24) is 14.5 Å². The molecule has 0 aromatic carbocycles. The van der Waals surface area contributed by atoms with Crippen molar-refractivity contribution in [2.75, 3.05) is 0 Å². The second kappa shape index (κ2) is 2.31. The van der Waals surface area contributed by atoms with Crippen LogP contribution in [0.3, 0.4) is 0 Å². The molecular weight excluding hydrogens is 162 g/mol. The first kappa shape index (κ1) is 7.06. The van der Waals surface area contributed by atoms with Gasteiger partial charge in [0.15, 0.2) is 5.65 Å². The summed E-state index contributed by atoms with van der Waals surface area (Å²) in [6.07, 6.45) is 4.38. The lowest BCUT2D eigenvalue weighted by atomic mass is 10.4. The van der Waals surface area contributed by atoms with Crippen LogP contribution in [0.1, 0.15) is 24.6 Å². The average molecular weight is 173 g/mol. The molecule has 0 spiro atoms. The second-order valence-corrected chi connectivity index (χ2v) is 3.65. The number of aryl methyl sites for hydroxylation is 1. The third-order valence-corrected chi connectivity index (χ3v) is 2.63. The maximum atomic E-state index is 4.53. The molecule has 66 valence electrons. The Bertz CT molecular complexity index is 454. The van der Waals surface area contributed by atoms with E-state index in [-0.39, 0.29) is 0 Å². The Kier molecular flexibility index (Phi) is 1.26. The first-order chi connectivity index (χ1) is 6.36. The Balaban J connectivity index is 2.30. The van der Waals surface area contributed by atoms with Gasteiger partial charge in [-0.05, 0) is 25.0 Å². The zero-order chi connectivity index (χ0) is 8.84. The van der Waals surface area contributed by atoms with Gasteiger partial charge in [-0.25, -0.2) is 9.97 Å². The average Bonchev–Trinajstić information content (AvgIpc) is 2.94. The fourth-order valence-corrected chi connectivity index (χ4v) is 1.75. The van der Waals surface area contributed by atoms with Gasteiger partial charge in [0.25, 0.3) is 0 Å². The highest BCUT2D eigenvalue weighted by molar-refractivity contribution is 5.71. The van der Waals surface area contributed by atoms with Crippen LogP contribution in [0, 0.1) is 0 Å². The van der Waals surface area contributed by atoms with Crippen LogP contribution in [0.25, 0.3) is 11.2 Å². The number of imidazole rings is 1. The van der Waals surface area contributed by atoms with E-state index in [1.165, 1.54) is 18.7 Å². The quantitative estimate of drug-likeness (QED) is 0.658. The molecule has 0 amide bonds. The Labute approximate surface area is 76.4 Å². The molecule has 3 rings (SSSR count). The molecule has 0 atom stereocenters. The van der Waals surface area contributed by atoms with Crippen LogP contribution in [-0.4, -0.2) is 14.5 Å². The van der Waals surface area contributed by atoms with Crippen LogP contribution in [0.5, 0.6) is 0 Å². The third-order valence-electron chi connectivity index (χ3n) is 2.63. The summed E-state index contributed by atoms with van der Waals surface area (Å²) in [6.45, 7) is 0. The molecule has 0 saturated heterocycles. The number of aromatic nitrogens is 3. The van der Waals surface area contributed by atoms with Crippen molar-refractivity contribution in [2.45, 2.75) is 18.8 Å². The van der Waals surface area contributed by atoms with E-state index in [1.54, 1.807) is 6.20 Å². The SMILES string of the molecule is Cn1c(C2CC2)nc2ncccc21. The molecule has 0 unspecified atom stereocenters. The predicted octanol–water partition coefficient (Wildman–Crippen LogP) is 1.85. The molecule has 2 aromatic heterocycles. The Morgan fingerprint density at radius 2 is 2.31 bits per heavy atom. The molecule has 1 aliphatic rings. The largest absolute Gasteiger partial charge is 0.330 e. The summed E-state index contributed by atoms with van der Waals surface area (Å²) in [6, 6.07) is 4.03. The minimum atomic E-state index is 0.694. The predicted molar refractivity (Wildman–Crippen MR) is 50.5 cm³/mol. The molecule has 1 saturated carbocycles. The molecule has 1 aliphatic carbocycles. The zero-order valence-electron chi connectivity index (χ0n) is 7.57. The van der Waals surface area contributed by atoms with E-state index in [4.69, 9.17) is 0 Å². The summed E-state index contributed by atoms with van der Waals surface area (Å²) in [5, 5.41) is 0. The van der Waals surface area contributed by atoms with E-state index in [9.17, 15) is 0 Å². The summed E-state index contributed by atoms with van der Waals surface area (Å²) < 4.78 is 2.17. The number of nitrogens with zero attached hydrogens (tertiary/aromatic N) is 3. The Morgan fingerprint density at radius 1 is 1.46 bits per heavy atom. The molecule has 13 heavy (non-hydrogen) atoms. The lowest BCUT2D eigenvalue weighted by Crippen LogP contribution is -1.94. The van der Waals surface area contributed by atoms with Gasteiger partial charge in [-0.15, -0.1) is 0 Å². The highest BCUT2D eigenvalue weighted by Gasteiger charge is 2.28. The van der Waals surface area contributed by atoms with Crippen molar-refractivity contribution in [2.24, 2.45) is 7.05 Å². The van der Waals surface area contributed by atoms with Gasteiger partial charge in [0.05, 0.1) is 5.52 Å². The minimum absolute atomic E-state index is 0.694. The fourth-order valence-electron chi connectivity index (χ4n) is 1.75. The first-order valence-electron chi connectivity index (χ1n) is 4.63. The van der Waals surface area contributed by atoms with E-state index in [0.29, 0.717) is 5.92 Å². The second-order valence-electron chi connectivity index (χ2n) is 3.65. The third kappa shape index (κ3) is 0.963. The van der Waals surface area contributed by atoms with Crippen molar-refractivity contribution in [3.8, 4) is 0 Å². The minimum Gasteiger partial charge on any atom is -0.330 e. The molecule has 2 aromatic rings. The summed E-state index contributed by atoms with van der Waals surface area (Å²) >= 11 is 0. The van der Waals surface area contributed by atoms with Gasteiger partial charge in [0.2, 0.25) is 0 Å². The van der Waals surface area contributed by atoms with E-state index in [2.05, 4.69) is 27.6 Å². The van der Waals surface area contributed by atoms with Gasteiger partial charge < -0.3 is 4.57 Å². The van der Waals surface area contributed by atoms with Crippen molar-refractivity contribution >= 4 is 11.2 Å². The van der Waals surface area contributed by atoms with Crippen LogP contribution in [0.2, 0.25) is 0 Å². The van der Waals surface area contributed by atoms with Crippen molar-refractivity contribution in [1.29, 1.82) is 0 Å². The summed E-state index contributed by atoms with van der Waals surface area (Å²) in [5.41, 5.74) is 2.02. The standard InChI is InChI=1S/C10H11N3/c1-13-8-3-2-6-11-9(8)12-10(13)7-4-5-7/h2-3,6-7H,4-5H2,1H3. The van der Waals surface area contributed by atoms with Crippen molar-refractivity contribution < 1.29 is 0 Å². The molecule has 0 aliphatic heterocycles. The summed E-state index contributed by atoms with van der Waals surface area (Å²) in [5.74, 6) is 1.90. The zero-order valence-corrected chi connectivity index (χ0v) is 7.57. The van der Waals surface area contributed by atoms with Gasteiger partial charge in [-0.2, -0.15) is 0 Å². The van der Waals surface area contributed by atoms with Gasteiger partial charge >= 0.3 is 0 Å². The smallest absolute Gasteiger partial charge is 0.177 e. The lowest BCUT2D eigenvalue weighted by molar-refractivity contribution is 0.820. The van der Waals surface area contributed by atoms with E-state index < -0.39 is 0 Å². The maximum absolute atomic E-state index is 4.53. The summed E-state index contributed by atoms with van der Waals surface area (Å²) in [4.78, 5) is 8.77. The van der Waals surface area contributed by atoms with Crippen molar-refractivity contribution in [3.05, 3.63) is 24.2 Å². The number of fused-ring (bicyclic) bond motifs is 1. The molecule has 0 radical (unpaired) electrons. The molecule has 3 nitrogen and oxygen atoms in total. The first-order valence-corrected chi connectivity index (χ1v) is 4.63. The molecule has 0 bridgehead atoms. The lowest BCUT2D eigenvalue weighted by Gasteiger charge is -1.97. The monoisotopic (exact) mass is 173 g/mol. The van der Waals surface area contributed by atoms with E-state index >= 15 is 0 Å². The topological polar surface area (TPSA) is 30.7 Å². The molecule has 1 fully saturated rings. The molecule has 0 N–H and O–H groups in total. The fraction of sp³-hybridized carbons (Fsp3) is 0.400. The molecular formula is C10H11N3. The van der Waals surface area contributed by atoms with Gasteiger partial charge in [0.1, 0.15) is 5.82 Å². The number of hydrogen-bond acceptors (Lipinski definition) is 2. The van der Waals surface area contributed by atoms with Gasteiger partial charge in [-0.1, -0.05) is 0 Å². The Morgan fingerprint density at radius 3 is 3.00 bits per heavy atom. The van der Waals surface area contributed by atoms with E-state index in [1.807, 2.05) is 6.07 Å². The van der Waals surface area contributed by atoms with Crippen molar-refractivity contribution in [3.63, 3.8) is 0 Å². The van der Waals surface area contributed by atoms with Gasteiger partial charge in [0, 0.05) is 19.2 Å². The summed E-state index contributed by atoms with van der Waals surface area (Å²) in [7, 11) is 2.07. The van der Waals surface area contributed by atoms with Crippen LogP contribution < -0.4 is 0 Å².